The van der Waals surface area contributed by atoms with Crippen LogP contribution in [0.25, 0.3) is 0 Å². The lowest BCUT2D eigenvalue weighted by atomic mass is 10.0. The monoisotopic (exact) mass is 263 g/mol. The Labute approximate surface area is 105 Å². The van der Waals surface area contributed by atoms with Crippen molar-refractivity contribution in [2.75, 3.05) is 11.6 Å². The number of thiol groups is 1. The van der Waals surface area contributed by atoms with Gasteiger partial charge in [0.25, 0.3) is 0 Å². The van der Waals surface area contributed by atoms with Crippen molar-refractivity contribution in [1.82, 2.24) is 4.90 Å². The fraction of sp³-hybridized carbons (Fsp3) is 0.800. The van der Waals surface area contributed by atoms with Crippen LogP contribution in [0.2, 0.25) is 0 Å². The molecule has 1 amide bonds. The summed E-state index contributed by atoms with van der Waals surface area (Å²) in [5.74, 6) is -0.414. The van der Waals surface area contributed by atoms with E-state index >= 15 is 0 Å². The fourth-order valence-corrected chi connectivity index (χ4v) is 3.04. The Bertz CT molecular complexity index is 306. The Morgan fingerprint density at radius 2 is 2.19 bits per heavy atom. The quantitative estimate of drug-likeness (QED) is 0.754. The Kier molecular flexibility index (Phi) is 4.17. The van der Waals surface area contributed by atoms with Crippen molar-refractivity contribution in [2.24, 2.45) is 5.92 Å². The standard InChI is InChI=1S/C10H17NO3S2/c1-6(4-15)8(12)11-5-16-10(2,3)7(11)9(13)14/h6-7,15H,4-5H2,1-3H3,(H,13,14). The van der Waals surface area contributed by atoms with Crippen molar-refractivity contribution < 1.29 is 14.7 Å². The molecule has 16 heavy (non-hydrogen) atoms. The van der Waals surface area contributed by atoms with E-state index in [1.165, 1.54) is 16.7 Å². The van der Waals surface area contributed by atoms with Crippen molar-refractivity contribution in [2.45, 2.75) is 31.6 Å². The van der Waals surface area contributed by atoms with E-state index in [0.29, 0.717) is 11.6 Å². The molecule has 1 aliphatic heterocycles. The van der Waals surface area contributed by atoms with Gasteiger partial charge in [-0.15, -0.1) is 11.8 Å². The molecule has 0 aromatic heterocycles. The second kappa shape index (κ2) is 4.87. The van der Waals surface area contributed by atoms with Gasteiger partial charge in [0.2, 0.25) is 5.91 Å². The van der Waals surface area contributed by atoms with Crippen molar-refractivity contribution in [3.63, 3.8) is 0 Å². The number of carboxylic acids is 1. The van der Waals surface area contributed by atoms with E-state index in [-0.39, 0.29) is 11.8 Å². The molecule has 6 heteroatoms. The first-order chi connectivity index (χ1) is 7.31. The highest BCUT2D eigenvalue weighted by Gasteiger charge is 2.48. The van der Waals surface area contributed by atoms with E-state index in [9.17, 15) is 14.7 Å². The van der Waals surface area contributed by atoms with E-state index in [2.05, 4.69) is 12.6 Å². The third-order valence-electron chi connectivity index (χ3n) is 2.76. The number of nitrogens with zero attached hydrogens (tertiary/aromatic N) is 1. The zero-order chi connectivity index (χ0) is 12.5. The van der Waals surface area contributed by atoms with E-state index in [1.807, 2.05) is 13.8 Å². The molecular weight excluding hydrogens is 246 g/mol. The van der Waals surface area contributed by atoms with E-state index in [1.54, 1.807) is 6.92 Å². The molecule has 1 N–H and O–H groups in total. The molecule has 0 aromatic rings. The molecule has 1 heterocycles. The Hall–Kier alpha value is -0.360. The second-order valence-corrected chi connectivity index (χ2v) is 6.47. The lowest BCUT2D eigenvalue weighted by molar-refractivity contribution is -0.150. The van der Waals surface area contributed by atoms with Crippen molar-refractivity contribution in [3.8, 4) is 0 Å². The third kappa shape index (κ3) is 2.48. The summed E-state index contributed by atoms with van der Waals surface area (Å²) in [5.41, 5.74) is 0. The minimum absolute atomic E-state index is 0.125. The lowest BCUT2D eigenvalue weighted by Crippen LogP contribution is -2.50. The molecule has 2 atom stereocenters. The topological polar surface area (TPSA) is 57.6 Å². The Morgan fingerprint density at radius 3 is 2.62 bits per heavy atom. The summed E-state index contributed by atoms with van der Waals surface area (Å²) in [6, 6.07) is -0.743. The number of carboxylic acid groups (broad SMARTS) is 1. The predicted octanol–water partition coefficient (Wildman–Crippen LogP) is 1.32. The Balaban J connectivity index is 2.90. The van der Waals surface area contributed by atoms with Crippen LogP contribution in [0.5, 0.6) is 0 Å². The highest BCUT2D eigenvalue weighted by atomic mass is 32.2. The highest BCUT2D eigenvalue weighted by Crippen LogP contribution is 2.39. The third-order valence-corrected chi connectivity index (χ3v) is 4.68. The molecule has 1 aliphatic rings. The molecule has 0 aromatic carbocycles. The van der Waals surface area contributed by atoms with Crippen LogP contribution in [0.3, 0.4) is 0 Å². The van der Waals surface area contributed by atoms with Crippen LogP contribution in [-0.2, 0) is 9.59 Å². The van der Waals surface area contributed by atoms with Crippen LogP contribution < -0.4 is 0 Å². The molecule has 4 nitrogen and oxygen atoms in total. The number of carbonyl (C=O) groups excluding carboxylic acids is 1. The molecule has 92 valence electrons. The van der Waals surface area contributed by atoms with Gasteiger partial charge in [-0.1, -0.05) is 6.92 Å². The summed E-state index contributed by atoms with van der Waals surface area (Å²) in [7, 11) is 0. The van der Waals surface area contributed by atoms with Crippen LogP contribution in [0.1, 0.15) is 20.8 Å². The SMILES string of the molecule is CC(CS)C(=O)N1CSC(C)(C)C1C(=O)O. The lowest BCUT2D eigenvalue weighted by Gasteiger charge is -2.29. The van der Waals surface area contributed by atoms with Crippen LogP contribution in [-0.4, -0.2) is 44.3 Å². The minimum Gasteiger partial charge on any atom is -0.480 e. The van der Waals surface area contributed by atoms with Crippen LogP contribution in [0.4, 0.5) is 0 Å². The molecule has 1 fully saturated rings. The van der Waals surface area contributed by atoms with Gasteiger partial charge in [0.1, 0.15) is 6.04 Å². The largest absolute Gasteiger partial charge is 0.480 e. The van der Waals surface area contributed by atoms with E-state index in [0.717, 1.165) is 0 Å². The summed E-state index contributed by atoms with van der Waals surface area (Å²) >= 11 is 5.57. The van der Waals surface area contributed by atoms with E-state index < -0.39 is 16.8 Å². The molecule has 0 radical (unpaired) electrons. The van der Waals surface area contributed by atoms with Gasteiger partial charge in [-0.25, -0.2) is 4.79 Å². The first-order valence-corrected chi connectivity index (χ1v) is 6.71. The average Bonchev–Trinajstić information content (AvgIpc) is 2.51. The molecule has 0 bridgehead atoms. The van der Waals surface area contributed by atoms with Gasteiger partial charge < -0.3 is 10.0 Å². The Morgan fingerprint density at radius 1 is 1.62 bits per heavy atom. The maximum atomic E-state index is 12.0. The maximum Gasteiger partial charge on any atom is 0.327 e. The van der Waals surface area contributed by atoms with Gasteiger partial charge in [0, 0.05) is 16.4 Å². The number of carbonyl (C=O) groups is 2. The molecule has 2 unspecified atom stereocenters. The molecule has 1 saturated heterocycles. The van der Waals surface area contributed by atoms with Crippen LogP contribution in [0.15, 0.2) is 0 Å². The molecule has 0 spiro atoms. The number of thioether (sulfide) groups is 1. The smallest absolute Gasteiger partial charge is 0.327 e. The molecular formula is C10H17NO3S2. The second-order valence-electron chi connectivity index (χ2n) is 4.51. The number of hydrogen-bond donors (Lipinski definition) is 2. The first kappa shape index (κ1) is 13.7. The van der Waals surface area contributed by atoms with Gasteiger partial charge in [0.05, 0.1) is 5.88 Å². The number of amides is 1. The van der Waals surface area contributed by atoms with Crippen molar-refractivity contribution in [1.29, 1.82) is 0 Å². The van der Waals surface area contributed by atoms with Crippen LogP contribution in [0, 0.1) is 5.92 Å². The van der Waals surface area contributed by atoms with Crippen LogP contribution >= 0.6 is 24.4 Å². The summed E-state index contributed by atoms with van der Waals surface area (Å²) in [6.45, 7) is 5.48. The van der Waals surface area contributed by atoms with Gasteiger partial charge in [0.15, 0.2) is 0 Å². The summed E-state index contributed by atoms with van der Waals surface area (Å²) in [6.07, 6.45) is 0. The average molecular weight is 263 g/mol. The fourth-order valence-electron chi connectivity index (χ4n) is 1.75. The molecule has 0 aliphatic carbocycles. The summed E-state index contributed by atoms with van der Waals surface area (Å²) < 4.78 is -0.433. The minimum atomic E-state index is -0.935. The zero-order valence-electron chi connectivity index (χ0n) is 9.64. The number of hydrogen-bond acceptors (Lipinski definition) is 4. The molecule has 0 saturated carbocycles. The van der Waals surface area contributed by atoms with Crippen molar-refractivity contribution in [3.05, 3.63) is 0 Å². The highest BCUT2D eigenvalue weighted by molar-refractivity contribution is 8.00. The van der Waals surface area contributed by atoms with Gasteiger partial charge in [-0.2, -0.15) is 12.6 Å². The summed E-state index contributed by atoms with van der Waals surface area (Å²) in [4.78, 5) is 24.6. The zero-order valence-corrected chi connectivity index (χ0v) is 11.3. The van der Waals surface area contributed by atoms with Crippen molar-refractivity contribution >= 4 is 36.3 Å². The maximum absolute atomic E-state index is 12.0. The summed E-state index contributed by atoms with van der Waals surface area (Å²) in [5, 5.41) is 9.20. The predicted molar refractivity (Wildman–Crippen MR) is 67.8 cm³/mol. The first-order valence-electron chi connectivity index (χ1n) is 5.09. The van der Waals surface area contributed by atoms with E-state index in [4.69, 9.17) is 0 Å². The normalized spacial score (nSPS) is 25.5. The van der Waals surface area contributed by atoms with Gasteiger partial charge >= 0.3 is 5.97 Å². The number of rotatable bonds is 3. The molecule has 1 rings (SSSR count). The van der Waals surface area contributed by atoms with Gasteiger partial charge in [-0.3, -0.25) is 4.79 Å². The van der Waals surface area contributed by atoms with Gasteiger partial charge in [-0.05, 0) is 13.8 Å². The number of aliphatic carboxylic acids is 1.